The summed E-state index contributed by atoms with van der Waals surface area (Å²) in [5.41, 5.74) is 1.51. The minimum atomic E-state index is -1.11. The second-order valence-electron chi connectivity index (χ2n) is 6.55. The summed E-state index contributed by atoms with van der Waals surface area (Å²) in [4.78, 5) is 24.2. The van der Waals surface area contributed by atoms with E-state index < -0.39 is 12.1 Å². The maximum absolute atomic E-state index is 11.2. The van der Waals surface area contributed by atoms with Crippen molar-refractivity contribution in [3.8, 4) is 17.2 Å². The minimum absolute atomic E-state index is 0.269. The van der Waals surface area contributed by atoms with Crippen molar-refractivity contribution in [3.05, 3.63) is 36.6 Å². The molecule has 2 N–H and O–H groups in total. The summed E-state index contributed by atoms with van der Waals surface area (Å²) in [5.74, 6) is 1.72. The van der Waals surface area contributed by atoms with E-state index in [1.807, 2.05) is 39.0 Å². The first-order chi connectivity index (χ1) is 13.0. The number of rotatable bonds is 7. The van der Waals surface area contributed by atoms with Crippen LogP contribution in [0.15, 0.2) is 35.2 Å². The van der Waals surface area contributed by atoms with E-state index in [1.165, 1.54) is 6.39 Å². The number of nitrogens with one attached hydrogen (secondary N) is 1. The number of carbonyl (C=O) groups is 1. The Labute approximate surface area is 156 Å². The molecule has 2 heterocycles. The van der Waals surface area contributed by atoms with E-state index >= 15 is 0 Å². The molecular formula is C19H22N4O4. The molecule has 1 unspecified atom stereocenters. The number of benzene rings is 1. The van der Waals surface area contributed by atoms with Crippen molar-refractivity contribution >= 4 is 17.0 Å². The molecule has 3 aromatic rings. The third-order valence-electron chi connectivity index (χ3n) is 3.99. The van der Waals surface area contributed by atoms with Crippen LogP contribution in [0.5, 0.6) is 5.88 Å². The lowest BCUT2D eigenvalue weighted by Gasteiger charge is -2.19. The summed E-state index contributed by atoms with van der Waals surface area (Å²) >= 11 is 0. The standard InChI is InChI=1S/C19H22N4O4/c1-4-26-18-13-8-12(16-9-20-10-27-16)5-6-14(13)21-17(23-18)15(7-11(2)3)22-19(24)25/h5-6,8-11,15,22H,4,7H2,1-3H3,(H,24,25). The van der Waals surface area contributed by atoms with Crippen molar-refractivity contribution in [2.75, 3.05) is 6.61 Å². The Bertz CT molecular complexity index is 925. The molecule has 142 valence electrons. The van der Waals surface area contributed by atoms with E-state index in [1.54, 1.807) is 6.20 Å². The van der Waals surface area contributed by atoms with Gasteiger partial charge >= 0.3 is 6.09 Å². The number of carboxylic acid groups (broad SMARTS) is 1. The molecule has 27 heavy (non-hydrogen) atoms. The predicted octanol–water partition coefficient (Wildman–Crippen LogP) is 4.04. The van der Waals surface area contributed by atoms with Crippen LogP contribution in [0.4, 0.5) is 4.79 Å². The SMILES string of the molecule is CCOc1nc(C(CC(C)C)NC(=O)O)nc2ccc(-c3cnco3)cc12. The summed E-state index contributed by atoms with van der Waals surface area (Å²) < 4.78 is 11.1. The molecule has 1 amide bonds. The van der Waals surface area contributed by atoms with E-state index in [4.69, 9.17) is 9.15 Å². The number of hydrogen-bond donors (Lipinski definition) is 2. The molecule has 0 aliphatic carbocycles. The molecule has 0 radical (unpaired) electrons. The second kappa shape index (κ2) is 8.03. The van der Waals surface area contributed by atoms with E-state index in [0.717, 1.165) is 10.9 Å². The molecule has 1 aromatic carbocycles. The Hall–Kier alpha value is -3.16. The Kier molecular flexibility index (Phi) is 5.54. The number of aromatic nitrogens is 3. The highest BCUT2D eigenvalue weighted by molar-refractivity contribution is 5.87. The first-order valence-corrected chi connectivity index (χ1v) is 8.80. The first-order valence-electron chi connectivity index (χ1n) is 8.80. The van der Waals surface area contributed by atoms with Crippen LogP contribution in [-0.4, -0.2) is 32.8 Å². The highest BCUT2D eigenvalue weighted by Gasteiger charge is 2.21. The molecule has 3 rings (SSSR count). The van der Waals surface area contributed by atoms with Crippen LogP contribution >= 0.6 is 0 Å². The van der Waals surface area contributed by atoms with Gasteiger partial charge in [-0.15, -0.1) is 0 Å². The number of ether oxygens (including phenoxy) is 1. The highest BCUT2D eigenvalue weighted by Crippen LogP contribution is 2.30. The number of nitrogens with zero attached hydrogens (tertiary/aromatic N) is 3. The van der Waals surface area contributed by atoms with Crippen LogP contribution in [0.2, 0.25) is 0 Å². The number of oxazole rings is 1. The van der Waals surface area contributed by atoms with Gasteiger partial charge in [-0.2, -0.15) is 4.98 Å². The smallest absolute Gasteiger partial charge is 0.405 e. The lowest BCUT2D eigenvalue weighted by molar-refractivity contribution is 0.187. The molecule has 0 aliphatic rings. The summed E-state index contributed by atoms with van der Waals surface area (Å²) in [6.07, 6.45) is 2.48. The molecule has 0 aliphatic heterocycles. The lowest BCUT2D eigenvalue weighted by Crippen LogP contribution is -2.29. The zero-order chi connectivity index (χ0) is 19.4. The number of amides is 1. The summed E-state index contributed by atoms with van der Waals surface area (Å²) in [5, 5.41) is 12.4. The van der Waals surface area contributed by atoms with Crippen molar-refractivity contribution in [2.45, 2.75) is 33.2 Å². The Morgan fingerprint density at radius 3 is 2.78 bits per heavy atom. The maximum atomic E-state index is 11.2. The molecule has 0 spiro atoms. The molecule has 0 bridgehead atoms. The van der Waals surface area contributed by atoms with Crippen LogP contribution in [-0.2, 0) is 0 Å². The molecule has 2 aromatic heterocycles. The first kappa shape index (κ1) is 18.6. The average Bonchev–Trinajstić information content (AvgIpc) is 3.15. The van der Waals surface area contributed by atoms with E-state index in [2.05, 4.69) is 20.3 Å². The Morgan fingerprint density at radius 1 is 1.33 bits per heavy atom. The third kappa shape index (κ3) is 4.33. The van der Waals surface area contributed by atoms with Gasteiger partial charge in [-0.3, -0.25) is 0 Å². The molecule has 8 nitrogen and oxygen atoms in total. The van der Waals surface area contributed by atoms with Gasteiger partial charge in [-0.05, 0) is 37.5 Å². The Morgan fingerprint density at radius 2 is 2.15 bits per heavy atom. The van der Waals surface area contributed by atoms with E-state index in [-0.39, 0.29) is 5.92 Å². The summed E-state index contributed by atoms with van der Waals surface area (Å²) in [7, 11) is 0. The van der Waals surface area contributed by atoms with Crippen molar-refractivity contribution in [1.82, 2.24) is 20.3 Å². The van der Waals surface area contributed by atoms with Gasteiger partial charge in [0.15, 0.2) is 18.0 Å². The fourth-order valence-electron chi connectivity index (χ4n) is 2.88. The largest absolute Gasteiger partial charge is 0.477 e. The molecular weight excluding hydrogens is 348 g/mol. The quantitative estimate of drug-likeness (QED) is 0.646. The van der Waals surface area contributed by atoms with Crippen LogP contribution < -0.4 is 10.1 Å². The van der Waals surface area contributed by atoms with Crippen LogP contribution in [0.3, 0.4) is 0 Å². The monoisotopic (exact) mass is 370 g/mol. The summed E-state index contributed by atoms with van der Waals surface area (Å²) in [6.45, 7) is 6.34. The minimum Gasteiger partial charge on any atom is -0.477 e. The van der Waals surface area contributed by atoms with Crippen molar-refractivity contribution in [3.63, 3.8) is 0 Å². The van der Waals surface area contributed by atoms with Gasteiger partial charge in [0, 0.05) is 5.56 Å². The third-order valence-corrected chi connectivity index (χ3v) is 3.99. The molecule has 1 atom stereocenters. The van der Waals surface area contributed by atoms with Crippen molar-refractivity contribution in [2.24, 2.45) is 5.92 Å². The predicted molar refractivity (Wildman–Crippen MR) is 99.6 cm³/mol. The molecule has 8 heteroatoms. The fourth-order valence-corrected chi connectivity index (χ4v) is 2.88. The van der Waals surface area contributed by atoms with Gasteiger partial charge in [-0.1, -0.05) is 13.8 Å². The normalized spacial score (nSPS) is 12.3. The van der Waals surface area contributed by atoms with Gasteiger partial charge in [0.2, 0.25) is 5.88 Å². The van der Waals surface area contributed by atoms with Gasteiger partial charge in [-0.25, -0.2) is 14.8 Å². The molecule has 0 saturated carbocycles. The number of fused-ring (bicyclic) bond motifs is 1. The maximum Gasteiger partial charge on any atom is 0.405 e. The van der Waals surface area contributed by atoms with Gasteiger partial charge in [0.25, 0.3) is 0 Å². The van der Waals surface area contributed by atoms with Crippen LogP contribution in [0.25, 0.3) is 22.2 Å². The zero-order valence-electron chi connectivity index (χ0n) is 15.5. The highest BCUT2D eigenvalue weighted by atomic mass is 16.5. The van der Waals surface area contributed by atoms with Gasteiger partial charge in [0.05, 0.1) is 29.7 Å². The van der Waals surface area contributed by atoms with E-state index in [0.29, 0.717) is 36.0 Å². The van der Waals surface area contributed by atoms with Crippen LogP contribution in [0, 0.1) is 5.92 Å². The fraction of sp³-hybridized carbons (Fsp3) is 0.368. The van der Waals surface area contributed by atoms with Crippen molar-refractivity contribution in [1.29, 1.82) is 0 Å². The Balaban J connectivity index is 2.09. The molecule has 0 saturated heterocycles. The van der Waals surface area contributed by atoms with E-state index in [9.17, 15) is 9.90 Å². The second-order valence-corrected chi connectivity index (χ2v) is 6.55. The van der Waals surface area contributed by atoms with Crippen LogP contribution in [0.1, 0.15) is 39.1 Å². The average molecular weight is 370 g/mol. The van der Waals surface area contributed by atoms with Crippen molar-refractivity contribution < 1.29 is 19.1 Å². The number of hydrogen-bond acceptors (Lipinski definition) is 6. The topological polar surface area (TPSA) is 110 Å². The zero-order valence-corrected chi connectivity index (χ0v) is 15.5. The van der Waals surface area contributed by atoms with Gasteiger partial charge in [0.1, 0.15) is 0 Å². The van der Waals surface area contributed by atoms with Gasteiger partial charge < -0.3 is 19.6 Å². The lowest BCUT2D eigenvalue weighted by atomic mass is 10.0. The summed E-state index contributed by atoms with van der Waals surface area (Å²) in [6, 6.07) is 5.08. The molecule has 0 fully saturated rings.